The molecule has 0 spiro atoms. The van der Waals surface area contributed by atoms with E-state index >= 15 is 0 Å². The highest BCUT2D eigenvalue weighted by atomic mass is 16.6. The molecule has 0 atom stereocenters. The molecule has 2 aliphatic heterocycles. The average molecular weight is 584 g/mol. The molecular weight excluding hydrogens is 542 g/mol. The summed E-state index contributed by atoms with van der Waals surface area (Å²) < 4.78 is 13.7. The summed E-state index contributed by atoms with van der Waals surface area (Å²) in [4.78, 5) is 25.8. The predicted molar refractivity (Wildman–Crippen MR) is 167 cm³/mol. The van der Waals surface area contributed by atoms with Crippen LogP contribution in [0.25, 0.3) is 22.3 Å². The predicted octanol–water partition coefficient (Wildman–Crippen LogP) is 6.21. The van der Waals surface area contributed by atoms with Crippen LogP contribution in [0.4, 0.5) is 10.6 Å². The van der Waals surface area contributed by atoms with Crippen molar-refractivity contribution in [1.29, 1.82) is 0 Å². The topological polar surface area (TPSA) is 112 Å². The van der Waals surface area contributed by atoms with Crippen LogP contribution in [0.5, 0.6) is 11.5 Å². The van der Waals surface area contributed by atoms with Crippen LogP contribution in [0.3, 0.4) is 0 Å². The first-order chi connectivity index (χ1) is 20.6. The number of carbonyl (C=O) groups is 1. The van der Waals surface area contributed by atoms with Crippen LogP contribution in [0.2, 0.25) is 0 Å². The highest BCUT2D eigenvalue weighted by Crippen LogP contribution is 2.36. The van der Waals surface area contributed by atoms with Crippen LogP contribution in [-0.2, 0) is 4.74 Å². The van der Waals surface area contributed by atoms with Gasteiger partial charge in [0.25, 0.3) is 0 Å². The number of aryl methyl sites for hydroxylation is 1. The lowest BCUT2D eigenvalue weighted by Gasteiger charge is -2.41. The maximum absolute atomic E-state index is 12.5. The second kappa shape index (κ2) is 11.8. The Morgan fingerprint density at radius 1 is 0.860 bits per heavy atom. The van der Waals surface area contributed by atoms with Gasteiger partial charge in [0.1, 0.15) is 34.9 Å². The summed E-state index contributed by atoms with van der Waals surface area (Å²) in [5, 5.41) is 5.86. The van der Waals surface area contributed by atoms with Crippen LogP contribution in [0, 0.1) is 6.92 Å². The van der Waals surface area contributed by atoms with Gasteiger partial charge in [-0.3, -0.25) is 0 Å². The van der Waals surface area contributed by atoms with Gasteiger partial charge in [-0.2, -0.15) is 5.10 Å². The van der Waals surface area contributed by atoms with Gasteiger partial charge < -0.3 is 25.0 Å². The number of fused-ring (bicyclic) bond motifs is 1. The minimum atomic E-state index is -0.471. The van der Waals surface area contributed by atoms with Crippen molar-refractivity contribution in [1.82, 2.24) is 29.5 Å². The smallest absolute Gasteiger partial charge is 0.410 e. The number of nitrogens with two attached hydrogens (primary N) is 1. The zero-order valence-corrected chi connectivity index (χ0v) is 25.5. The molecule has 43 heavy (non-hydrogen) atoms. The van der Waals surface area contributed by atoms with Crippen molar-refractivity contribution in [2.45, 2.75) is 71.1 Å². The molecule has 0 saturated carbocycles. The van der Waals surface area contributed by atoms with Gasteiger partial charge in [0.2, 0.25) is 0 Å². The molecule has 6 rings (SSSR count). The molecule has 2 aliphatic rings. The van der Waals surface area contributed by atoms with Gasteiger partial charge in [-0.15, -0.1) is 0 Å². The molecule has 0 bridgehead atoms. The van der Waals surface area contributed by atoms with E-state index in [1.54, 1.807) is 0 Å². The molecule has 10 heteroatoms. The molecule has 4 aromatic rings. The van der Waals surface area contributed by atoms with E-state index in [1.165, 1.54) is 11.9 Å². The standard InChI is InChI=1S/C33H41N7O3/c1-22-5-9-26(10-6-22)42-27-11-7-23(8-12-27)29-28-30(34)35-21-36-31(28)40(37-29)25-15-17-38(18-16-25)24-13-19-39(20-14-24)32(41)43-33(2,3)4/h5-12,21,24-25H,13-20H2,1-4H3,(H2,34,35,36). The molecule has 2 N–H and O–H groups in total. The van der Waals surface area contributed by atoms with Gasteiger partial charge in [-0.05, 0) is 89.8 Å². The van der Waals surface area contributed by atoms with Gasteiger partial charge >= 0.3 is 6.09 Å². The molecule has 0 aliphatic carbocycles. The summed E-state index contributed by atoms with van der Waals surface area (Å²) in [5.74, 6) is 1.98. The van der Waals surface area contributed by atoms with Crippen molar-refractivity contribution < 1.29 is 14.3 Å². The first-order valence-corrected chi connectivity index (χ1v) is 15.2. The highest BCUT2D eigenvalue weighted by Gasteiger charge is 2.33. The van der Waals surface area contributed by atoms with Crippen LogP contribution in [0.15, 0.2) is 54.9 Å². The minimum absolute atomic E-state index is 0.208. The quantitative estimate of drug-likeness (QED) is 0.295. The normalized spacial score (nSPS) is 17.3. The Morgan fingerprint density at radius 3 is 2.09 bits per heavy atom. The van der Waals surface area contributed by atoms with Crippen molar-refractivity contribution in [3.63, 3.8) is 0 Å². The number of amides is 1. The van der Waals surface area contributed by atoms with Gasteiger partial charge in [-0.25, -0.2) is 19.4 Å². The zero-order valence-electron chi connectivity index (χ0n) is 25.5. The fourth-order valence-electron chi connectivity index (χ4n) is 6.11. The molecule has 0 radical (unpaired) electrons. The second-order valence-electron chi connectivity index (χ2n) is 12.7. The van der Waals surface area contributed by atoms with E-state index in [-0.39, 0.29) is 12.1 Å². The van der Waals surface area contributed by atoms with Crippen molar-refractivity contribution >= 4 is 22.9 Å². The Kier molecular flexibility index (Phi) is 7.96. The summed E-state index contributed by atoms with van der Waals surface area (Å²) in [6.45, 7) is 11.2. The molecule has 226 valence electrons. The Bertz CT molecular complexity index is 1560. The minimum Gasteiger partial charge on any atom is -0.457 e. The Balaban J connectivity index is 1.13. The Morgan fingerprint density at radius 2 is 1.47 bits per heavy atom. The summed E-state index contributed by atoms with van der Waals surface area (Å²) in [5.41, 5.74) is 9.61. The largest absolute Gasteiger partial charge is 0.457 e. The fraction of sp³-hybridized carbons (Fsp3) is 0.455. The summed E-state index contributed by atoms with van der Waals surface area (Å²) in [6.07, 6.45) is 5.18. The van der Waals surface area contributed by atoms with Crippen molar-refractivity contribution in [3.05, 3.63) is 60.4 Å². The molecule has 2 saturated heterocycles. The van der Waals surface area contributed by atoms with Gasteiger partial charge in [0.15, 0.2) is 5.65 Å². The molecule has 2 aromatic carbocycles. The number of hydrogen-bond acceptors (Lipinski definition) is 8. The summed E-state index contributed by atoms with van der Waals surface area (Å²) in [7, 11) is 0. The highest BCUT2D eigenvalue weighted by molar-refractivity contribution is 5.98. The van der Waals surface area contributed by atoms with Crippen molar-refractivity contribution in [3.8, 4) is 22.8 Å². The number of nitrogens with zero attached hydrogens (tertiary/aromatic N) is 6. The van der Waals surface area contributed by atoms with Crippen molar-refractivity contribution in [2.24, 2.45) is 0 Å². The number of likely N-dealkylation sites (tertiary alicyclic amines) is 2. The first kappa shape index (κ1) is 28.9. The van der Waals surface area contributed by atoms with Gasteiger partial charge in [-0.1, -0.05) is 17.7 Å². The van der Waals surface area contributed by atoms with Crippen LogP contribution >= 0.6 is 0 Å². The zero-order chi connectivity index (χ0) is 30.1. The molecule has 1 amide bonds. The summed E-state index contributed by atoms with van der Waals surface area (Å²) >= 11 is 0. The van der Waals surface area contributed by atoms with E-state index in [0.717, 1.165) is 85.7 Å². The molecule has 4 heterocycles. The molecule has 2 fully saturated rings. The number of benzene rings is 2. The molecular formula is C33H41N7O3. The molecule has 10 nitrogen and oxygen atoms in total. The lowest BCUT2D eigenvalue weighted by Crippen LogP contribution is -2.50. The van der Waals surface area contributed by atoms with Gasteiger partial charge in [0, 0.05) is 37.8 Å². The van der Waals surface area contributed by atoms with E-state index in [9.17, 15) is 4.79 Å². The third-order valence-corrected chi connectivity index (χ3v) is 8.38. The maximum Gasteiger partial charge on any atom is 0.410 e. The number of ether oxygens (including phenoxy) is 2. The fourth-order valence-corrected chi connectivity index (χ4v) is 6.11. The number of piperidine rings is 2. The number of rotatable bonds is 5. The second-order valence-corrected chi connectivity index (χ2v) is 12.7. The van der Waals surface area contributed by atoms with E-state index in [2.05, 4.69) is 26.5 Å². The Labute approximate surface area is 252 Å². The van der Waals surface area contributed by atoms with Crippen LogP contribution < -0.4 is 10.5 Å². The lowest BCUT2D eigenvalue weighted by molar-refractivity contribution is 0.0119. The number of hydrogen-bond donors (Lipinski definition) is 1. The van der Waals surface area contributed by atoms with Gasteiger partial charge in [0.05, 0.1) is 11.4 Å². The third kappa shape index (κ3) is 6.44. The van der Waals surface area contributed by atoms with Crippen LogP contribution in [0.1, 0.15) is 58.1 Å². The lowest BCUT2D eigenvalue weighted by atomic mass is 9.98. The van der Waals surface area contributed by atoms with Crippen molar-refractivity contribution in [2.75, 3.05) is 31.9 Å². The monoisotopic (exact) mass is 583 g/mol. The Hall–Kier alpha value is -4.18. The SMILES string of the molecule is Cc1ccc(Oc2ccc(-c3nn(C4CCN(C5CCN(C(=O)OC(C)(C)C)CC5)CC4)c4ncnc(N)c34)cc2)cc1. The first-order valence-electron chi connectivity index (χ1n) is 15.2. The number of aromatic nitrogens is 4. The average Bonchev–Trinajstić information content (AvgIpc) is 3.39. The maximum atomic E-state index is 12.5. The van der Waals surface area contributed by atoms with E-state index < -0.39 is 5.60 Å². The number of anilines is 1. The number of carbonyl (C=O) groups excluding carboxylic acids is 1. The molecule has 0 unspecified atom stereocenters. The van der Waals surface area contributed by atoms with Crippen LogP contribution in [-0.4, -0.2) is 73.5 Å². The third-order valence-electron chi connectivity index (χ3n) is 8.38. The van der Waals surface area contributed by atoms with E-state index in [4.69, 9.17) is 20.3 Å². The van der Waals surface area contributed by atoms with E-state index in [1.807, 2.05) is 74.2 Å². The molecule has 2 aromatic heterocycles. The summed E-state index contributed by atoms with van der Waals surface area (Å²) in [6, 6.07) is 16.6. The van der Waals surface area contributed by atoms with E-state index in [0.29, 0.717) is 11.9 Å². The number of nitrogen functional groups attached to an aromatic ring is 1.